The Balaban J connectivity index is 1.80. The summed E-state index contributed by atoms with van der Waals surface area (Å²) in [6.07, 6.45) is 1.67. The van der Waals surface area contributed by atoms with Gasteiger partial charge < -0.3 is 9.64 Å². The number of ether oxygens (including phenoxy) is 1. The molecule has 0 unspecified atom stereocenters. The number of piperidine rings is 1. The van der Waals surface area contributed by atoms with Crippen LogP contribution in [0.2, 0.25) is 10.0 Å². The summed E-state index contributed by atoms with van der Waals surface area (Å²) in [6, 6.07) is 5.16. The fourth-order valence-corrected chi connectivity index (χ4v) is 3.01. The van der Waals surface area contributed by atoms with E-state index in [0.29, 0.717) is 22.3 Å². The molecule has 0 amide bonds. The lowest BCUT2D eigenvalue weighted by Crippen LogP contribution is -2.40. The van der Waals surface area contributed by atoms with Crippen molar-refractivity contribution in [2.45, 2.75) is 18.9 Å². The first-order valence-corrected chi connectivity index (χ1v) is 8.99. The van der Waals surface area contributed by atoms with Gasteiger partial charge in [-0.1, -0.05) is 23.2 Å². The van der Waals surface area contributed by atoms with E-state index < -0.39 is 10.1 Å². The van der Waals surface area contributed by atoms with Crippen LogP contribution in [0.1, 0.15) is 12.8 Å². The molecular weight excluding hydrogens is 337 g/mol. The van der Waals surface area contributed by atoms with Gasteiger partial charge in [0, 0.05) is 25.7 Å². The SMILES string of the molecule is O=S(=O)(O)CCN1CCC(Oc2ccc(Cl)c(Cl)c2)CC1. The van der Waals surface area contributed by atoms with Crippen LogP contribution in [-0.2, 0) is 10.1 Å². The van der Waals surface area contributed by atoms with E-state index in [-0.39, 0.29) is 11.9 Å². The first-order valence-electron chi connectivity index (χ1n) is 6.63. The van der Waals surface area contributed by atoms with Gasteiger partial charge in [0.25, 0.3) is 10.1 Å². The first kappa shape index (κ1) is 16.8. The molecule has 1 N–H and O–H groups in total. The van der Waals surface area contributed by atoms with Crippen molar-refractivity contribution in [1.82, 2.24) is 4.90 Å². The quantitative estimate of drug-likeness (QED) is 0.824. The smallest absolute Gasteiger partial charge is 0.266 e. The van der Waals surface area contributed by atoms with E-state index >= 15 is 0 Å². The minimum atomic E-state index is -3.89. The number of hydrogen-bond acceptors (Lipinski definition) is 4. The monoisotopic (exact) mass is 353 g/mol. The Morgan fingerprint density at radius 1 is 1.24 bits per heavy atom. The van der Waals surface area contributed by atoms with Gasteiger partial charge in [-0.3, -0.25) is 4.55 Å². The molecule has 0 aromatic heterocycles. The van der Waals surface area contributed by atoms with Crippen LogP contribution in [0.5, 0.6) is 5.75 Å². The molecule has 0 saturated carbocycles. The van der Waals surface area contributed by atoms with Crippen LogP contribution in [-0.4, -0.2) is 49.4 Å². The van der Waals surface area contributed by atoms with E-state index in [0.717, 1.165) is 25.9 Å². The molecule has 118 valence electrons. The highest BCUT2D eigenvalue weighted by Crippen LogP contribution is 2.28. The number of nitrogens with zero attached hydrogens (tertiary/aromatic N) is 1. The minimum absolute atomic E-state index is 0.0734. The molecule has 0 bridgehead atoms. The lowest BCUT2D eigenvalue weighted by Gasteiger charge is -2.31. The van der Waals surface area contributed by atoms with Gasteiger partial charge in [0.2, 0.25) is 0 Å². The largest absolute Gasteiger partial charge is 0.490 e. The van der Waals surface area contributed by atoms with Gasteiger partial charge in [0.1, 0.15) is 11.9 Å². The highest BCUT2D eigenvalue weighted by atomic mass is 35.5. The Morgan fingerprint density at radius 3 is 2.48 bits per heavy atom. The zero-order valence-electron chi connectivity index (χ0n) is 11.3. The Morgan fingerprint density at radius 2 is 1.90 bits per heavy atom. The summed E-state index contributed by atoms with van der Waals surface area (Å²) in [6.45, 7) is 1.82. The van der Waals surface area contributed by atoms with Crippen molar-refractivity contribution in [3.63, 3.8) is 0 Å². The Kier molecular flexibility index (Phi) is 5.73. The molecule has 1 heterocycles. The molecule has 1 aromatic carbocycles. The molecular formula is C13H17Cl2NO4S. The summed E-state index contributed by atoms with van der Waals surface area (Å²) in [5, 5.41) is 0.948. The number of hydrogen-bond donors (Lipinski definition) is 1. The Labute approximate surface area is 134 Å². The lowest BCUT2D eigenvalue weighted by molar-refractivity contribution is 0.104. The highest BCUT2D eigenvalue weighted by Gasteiger charge is 2.21. The highest BCUT2D eigenvalue weighted by molar-refractivity contribution is 7.85. The molecule has 1 aliphatic rings. The standard InChI is InChI=1S/C13H17Cl2NO4S/c14-12-2-1-11(9-13(12)15)20-10-3-5-16(6-4-10)7-8-21(17,18)19/h1-2,9-10H,3-8H2,(H,17,18,19). The number of benzene rings is 1. The summed E-state index contributed by atoms with van der Waals surface area (Å²) in [4.78, 5) is 2.00. The van der Waals surface area contributed by atoms with Crippen molar-refractivity contribution in [2.24, 2.45) is 0 Å². The van der Waals surface area contributed by atoms with Crippen LogP contribution < -0.4 is 4.74 Å². The van der Waals surface area contributed by atoms with E-state index in [9.17, 15) is 8.42 Å². The Bertz CT molecular complexity index is 586. The molecule has 1 aromatic rings. The molecule has 21 heavy (non-hydrogen) atoms. The van der Waals surface area contributed by atoms with Gasteiger partial charge in [-0.15, -0.1) is 0 Å². The molecule has 0 radical (unpaired) electrons. The molecule has 0 spiro atoms. The molecule has 1 saturated heterocycles. The van der Waals surface area contributed by atoms with Crippen molar-refractivity contribution >= 4 is 33.3 Å². The molecule has 0 atom stereocenters. The maximum absolute atomic E-state index is 10.7. The van der Waals surface area contributed by atoms with Gasteiger partial charge >= 0.3 is 0 Å². The van der Waals surface area contributed by atoms with E-state index in [1.165, 1.54) is 0 Å². The average molecular weight is 354 g/mol. The van der Waals surface area contributed by atoms with Gasteiger partial charge in [-0.05, 0) is 25.0 Å². The van der Waals surface area contributed by atoms with Crippen LogP contribution in [0.4, 0.5) is 0 Å². The van der Waals surface area contributed by atoms with Gasteiger partial charge in [0.15, 0.2) is 0 Å². The predicted molar refractivity (Wildman–Crippen MR) is 83.0 cm³/mol. The second kappa shape index (κ2) is 7.15. The van der Waals surface area contributed by atoms with Gasteiger partial charge in [0.05, 0.1) is 15.8 Å². The van der Waals surface area contributed by atoms with Crippen LogP contribution >= 0.6 is 23.2 Å². The fourth-order valence-electron chi connectivity index (χ4n) is 2.24. The fraction of sp³-hybridized carbons (Fsp3) is 0.538. The third-order valence-corrected chi connectivity index (χ3v) is 4.83. The second-order valence-corrected chi connectivity index (χ2v) is 7.41. The summed E-state index contributed by atoms with van der Waals surface area (Å²) >= 11 is 11.8. The van der Waals surface area contributed by atoms with E-state index in [1.54, 1.807) is 18.2 Å². The third kappa shape index (κ3) is 5.64. The normalized spacial score (nSPS) is 17.9. The minimum Gasteiger partial charge on any atom is -0.490 e. The number of likely N-dealkylation sites (tertiary alicyclic amines) is 1. The van der Waals surface area contributed by atoms with Crippen LogP contribution in [0.15, 0.2) is 18.2 Å². The van der Waals surface area contributed by atoms with Crippen molar-refractivity contribution in [3.05, 3.63) is 28.2 Å². The van der Waals surface area contributed by atoms with Crippen LogP contribution in [0, 0.1) is 0 Å². The van der Waals surface area contributed by atoms with E-state index in [2.05, 4.69) is 0 Å². The lowest BCUT2D eigenvalue weighted by atomic mass is 10.1. The average Bonchev–Trinajstić information content (AvgIpc) is 2.41. The van der Waals surface area contributed by atoms with Gasteiger partial charge in [-0.25, -0.2) is 0 Å². The molecule has 2 rings (SSSR count). The van der Waals surface area contributed by atoms with E-state index in [4.69, 9.17) is 32.5 Å². The summed E-state index contributed by atoms with van der Waals surface area (Å²) in [7, 11) is -3.89. The maximum Gasteiger partial charge on any atom is 0.266 e. The predicted octanol–water partition coefficient (Wildman–Crippen LogP) is 2.72. The van der Waals surface area contributed by atoms with E-state index in [1.807, 2.05) is 4.90 Å². The summed E-state index contributed by atoms with van der Waals surface area (Å²) in [5.74, 6) is 0.450. The zero-order chi connectivity index (χ0) is 15.5. The molecule has 1 aliphatic heterocycles. The van der Waals surface area contributed by atoms with Crippen LogP contribution in [0.25, 0.3) is 0 Å². The Hall–Kier alpha value is -0.530. The topological polar surface area (TPSA) is 66.8 Å². The molecule has 5 nitrogen and oxygen atoms in total. The second-order valence-electron chi connectivity index (χ2n) is 5.02. The molecule has 1 fully saturated rings. The van der Waals surface area contributed by atoms with Crippen molar-refractivity contribution in [1.29, 1.82) is 0 Å². The summed E-state index contributed by atoms with van der Waals surface area (Å²) in [5.41, 5.74) is 0. The van der Waals surface area contributed by atoms with Crippen molar-refractivity contribution < 1.29 is 17.7 Å². The first-order chi connectivity index (χ1) is 9.83. The van der Waals surface area contributed by atoms with Gasteiger partial charge in [-0.2, -0.15) is 8.42 Å². The summed E-state index contributed by atoms with van der Waals surface area (Å²) < 4.78 is 36.0. The number of halogens is 2. The third-order valence-electron chi connectivity index (χ3n) is 3.39. The van der Waals surface area contributed by atoms with Crippen molar-refractivity contribution in [2.75, 3.05) is 25.4 Å². The maximum atomic E-state index is 10.7. The number of rotatable bonds is 5. The van der Waals surface area contributed by atoms with Crippen molar-refractivity contribution in [3.8, 4) is 5.75 Å². The molecule has 8 heteroatoms. The molecule has 0 aliphatic carbocycles. The zero-order valence-corrected chi connectivity index (χ0v) is 13.7. The van der Waals surface area contributed by atoms with Crippen LogP contribution in [0.3, 0.4) is 0 Å².